The molecule has 0 fully saturated rings. The average Bonchev–Trinajstić information content (AvgIpc) is 2.91. The number of benzene rings is 5. The van der Waals surface area contributed by atoms with Gasteiger partial charge in [0.15, 0.2) is 0 Å². The van der Waals surface area contributed by atoms with Gasteiger partial charge < -0.3 is 0 Å². The first-order valence-electron chi connectivity index (χ1n) is 11.7. The Kier molecular flexibility index (Phi) is 7.31. The van der Waals surface area contributed by atoms with Crippen molar-refractivity contribution in [3.63, 3.8) is 0 Å². The summed E-state index contributed by atoms with van der Waals surface area (Å²) in [4.78, 5) is 0. The van der Waals surface area contributed by atoms with E-state index in [4.69, 9.17) is 0 Å². The summed E-state index contributed by atoms with van der Waals surface area (Å²) in [6.45, 7) is 2.39. The molecule has 5 aromatic rings. The monoisotopic (exact) mass is 474 g/mol. The minimum atomic E-state index is -0.626. The lowest BCUT2D eigenvalue weighted by Crippen LogP contribution is -2.24. The van der Waals surface area contributed by atoms with E-state index in [-0.39, 0.29) is 0 Å². The van der Waals surface area contributed by atoms with Crippen LogP contribution < -0.4 is 26.5 Å². The summed E-state index contributed by atoms with van der Waals surface area (Å²) < 4.78 is 0. The summed E-state index contributed by atoms with van der Waals surface area (Å²) in [5.41, 5.74) is 2.86. The van der Waals surface area contributed by atoms with Crippen molar-refractivity contribution < 1.29 is 0 Å². The minimum absolute atomic E-state index is 0.395. The molecular formula is C32H28P2. The third-order valence-electron chi connectivity index (χ3n) is 6.14. The van der Waals surface area contributed by atoms with Gasteiger partial charge in [-0.05, 0) is 66.6 Å². The molecule has 0 saturated heterocycles. The van der Waals surface area contributed by atoms with Gasteiger partial charge in [0.2, 0.25) is 0 Å². The van der Waals surface area contributed by atoms with Crippen LogP contribution in [0, 0.1) is 0 Å². The maximum absolute atomic E-state index is 2.39. The van der Waals surface area contributed by atoms with Crippen LogP contribution in [0.3, 0.4) is 0 Å². The van der Waals surface area contributed by atoms with E-state index < -0.39 is 15.8 Å². The Bertz CT molecular complexity index is 1290. The second-order valence-electron chi connectivity index (χ2n) is 8.34. The first-order chi connectivity index (χ1) is 16.8. The van der Waals surface area contributed by atoms with Crippen LogP contribution in [0.5, 0.6) is 0 Å². The highest BCUT2D eigenvalue weighted by Gasteiger charge is 2.20. The second kappa shape index (κ2) is 10.9. The van der Waals surface area contributed by atoms with Gasteiger partial charge in [0.1, 0.15) is 0 Å². The summed E-state index contributed by atoms with van der Waals surface area (Å²) in [7, 11) is -1.02. The molecule has 0 radical (unpaired) electrons. The molecule has 5 rings (SSSR count). The fourth-order valence-corrected chi connectivity index (χ4v) is 8.71. The third-order valence-corrected chi connectivity index (χ3v) is 10.9. The van der Waals surface area contributed by atoms with Crippen molar-refractivity contribution in [2.45, 2.75) is 6.42 Å². The van der Waals surface area contributed by atoms with Crippen LogP contribution in [-0.4, -0.2) is 6.66 Å². The van der Waals surface area contributed by atoms with Crippen LogP contribution in [0.15, 0.2) is 140 Å². The van der Waals surface area contributed by atoms with Crippen molar-refractivity contribution >= 4 is 42.4 Å². The fourth-order valence-electron chi connectivity index (χ4n) is 4.44. The molecule has 1 atom stereocenters. The quantitative estimate of drug-likeness (QED) is 0.250. The van der Waals surface area contributed by atoms with E-state index in [1.54, 1.807) is 0 Å². The van der Waals surface area contributed by atoms with Gasteiger partial charge in [-0.3, -0.25) is 0 Å². The molecule has 0 aliphatic rings. The van der Waals surface area contributed by atoms with Gasteiger partial charge in [0, 0.05) is 0 Å². The largest absolute Gasteiger partial charge is 0.0622 e. The zero-order chi connectivity index (χ0) is 23.2. The Morgan fingerprint density at radius 1 is 0.412 bits per heavy atom. The van der Waals surface area contributed by atoms with Gasteiger partial charge in [-0.25, -0.2) is 0 Å². The normalized spacial score (nSPS) is 11.9. The van der Waals surface area contributed by atoms with Crippen molar-refractivity contribution in [3.05, 3.63) is 151 Å². The molecule has 1 unspecified atom stereocenters. The molecule has 5 aromatic carbocycles. The van der Waals surface area contributed by atoms with Gasteiger partial charge in [-0.1, -0.05) is 140 Å². The van der Waals surface area contributed by atoms with Crippen molar-refractivity contribution in [2.75, 3.05) is 6.66 Å². The van der Waals surface area contributed by atoms with Gasteiger partial charge >= 0.3 is 0 Å². The first kappa shape index (κ1) is 22.7. The van der Waals surface area contributed by atoms with Crippen LogP contribution in [0.4, 0.5) is 0 Å². The first-order valence-corrected chi connectivity index (χ1v) is 14.8. The predicted molar refractivity (Wildman–Crippen MR) is 153 cm³/mol. The van der Waals surface area contributed by atoms with E-state index in [2.05, 4.69) is 146 Å². The Labute approximate surface area is 205 Å². The molecule has 0 heterocycles. The molecule has 0 aromatic heterocycles. The van der Waals surface area contributed by atoms with E-state index in [1.807, 2.05) is 0 Å². The molecule has 0 spiro atoms. The zero-order valence-electron chi connectivity index (χ0n) is 19.4. The van der Waals surface area contributed by atoms with Crippen LogP contribution in [0.2, 0.25) is 0 Å². The maximum Gasteiger partial charge on any atom is -0.00128 e. The Hall–Kier alpha value is -3.04. The molecule has 0 bridgehead atoms. The topological polar surface area (TPSA) is 0 Å². The van der Waals surface area contributed by atoms with E-state index in [1.165, 1.54) is 37.6 Å². The van der Waals surface area contributed by atoms with Crippen molar-refractivity contribution in [2.24, 2.45) is 0 Å². The van der Waals surface area contributed by atoms with Gasteiger partial charge in [-0.2, -0.15) is 0 Å². The third kappa shape index (κ3) is 5.05. The Morgan fingerprint density at radius 3 is 1.32 bits per heavy atom. The lowest BCUT2D eigenvalue weighted by molar-refractivity contribution is 1.22. The van der Waals surface area contributed by atoms with Gasteiger partial charge in [0.05, 0.1) is 0 Å². The summed E-state index contributed by atoms with van der Waals surface area (Å²) in [5, 5.41) is 7.14. The average molecular weight is 475 g/mol. The Morgan fingerprint density at radius 2 is 0.794 bits per heavy atom. The Balaban J connectivity index is 1.57. The molecule has 0 amide bonds. The van der Waals surface area contributed by atoms with E-state index >= 15 is 0 Å². The number of rotatable bonds is 7. The van der Waals surface area contributed by atoms with Crippen LogP contribution >= 0.6 is 15.8 Å². The molecule has 0 aliphatic carbocycles. The van der Waals surface area contributed by atoms with E-state index in [0.29, 0.717) is 0 Å². The maximum atomic E-state index is 2.39. The summed E-state index contributed by atoms with van der Waals surface area (Å²) in [6.07, 6.45) is 0.949. The van der Waals surface area contributed by atoms with Crippen molar-refractivity contribution in [1.29, 1.82) is 0 Å². The second-order valence-corrected chi connectivity index (χ2v) is 12.6. The molecule has 0 N–H and O–H groups in total. The molecule has 0 aliphatic heterocycles. The molecule has 2 heteroatoms. The van der Waals surface area contributed by atoms with Crippen molar-refractivity contribution in [3.8, 4) is 0 Å². The van der Waals surface area contributed by atoms with Gasteiger partial charge in [-0.15, -0.1) is 0 Å². The van der Waals surface area contributed by atoms with Crippen LogP contribution in [0.25, 0.3) is 0 Å². The predicted octanol–water partition coefficient (Wildman–Crippen LogP) is 6.10. The lowest BCUT2D eigenvalue weighted by Gasteiger charge is -2.23. The standard InChI is InChI=1S/C32H28P2/c1-33(28-17-5-2-6-18-28)31-23-13-11-15-26(31)25-27-16-12-14-24-32(27)34(29-19-7-3-8-20-29)30-21-9-4-10-22-30/h2-24H,25H2,1H3. The highest BCUT2D eigenvalue weighted by molar-refractivity contribution is 7.80. The minimum Gasteiger partial charge on any atom is -0.0622 e. The summed E-state index contributed by atoms with van der Waals surface area (Å²) in [6, 6.07) is 51.0. The van der Waals surface area contributed by atoms with Gasteiger partial charge in [0.25, 0.3) is 0 Å². The zero-order valence-corrected chi connectivity index (χ0v) is 21.2. The van der Waals surface area contributed by atoms with E-state index in [0.717, 1.165) is 6.42 Å². The summed E-state index contributed by atoms with van der Waals surface area (Å²) >= 11 is 0. The SMILES string of the molecule is CP(c1ccccc1)c1ccccc1Cc1ccccc1P(c1ccccc1)c1ccccc1. The number of hydrogen-bond acceptors (Lipinski definition) is 0. The van der Waals surface area contributed by atoms with E-state index in [9.17, 15) is 0 Å². The molecule has 34 heavy (non-hydrogen) atoms. The number of hydrogen-bond donors (Lipinski definition) is 0. The summed E-state index contributed by atoms with van der Waals surface area (Å²) in [5.74, 6) is 0. The molecule has 0 saturated carbocycles. The lowest BCUT2D eigenvalue weighted by atomic mass is 10.1. The van der Waals surface area contributed by atoms with Crippen molar-refractivity contribution in [1.82, 2.24) is 0 Å². The molecule has 0 nitrogen and oxygen atoms in total. The van der Waals surface area contributed by atoms with Crippen LogP contribution in [-0.2, 0) is 6.42 Å². The molecule has 166 valence electrons. The highest BCUT2D eigenvalue weighted by atomic mass is 31.1. The highest BCUT2D eigenvalue weighted by Crippen LogP contribution is 2.35. The smallest absolute Gasteiger partial charge is 0.00128 e. The van der Waals surface area contributed by atoms with Crippen LogP contribution in [0.1, 0.15) is 11.1 Å². The fraction of sp³-hybridized carbons (Fsp3) is 0.0625. The molecular weight excluding hydrogens is 446 g/mol.